The molecule has 1 atom stereocenters. The number of rotatable bonds is 6. The molecule has 0 saturated carbocycles. The zero-order valence-electron chi connectivity index (χ0n) is 18.2. The zero-order chi connectivity index (χ0) is 24.1. The number of amides is 3. The third kappa shape index (κ3) is 5.60. The van der Waals surface area contributed by atoms with E-state index in [1.807, 2.05) is 0 Å². The van der Waals surface area contributed by atoms with Crippen molar-refractivity contribution < 1.29 is 27.9 Å². The summed E-state index contributed by atoms with van der Waals surface area (Å²) in [5.74, 6) is -3.42. The van der Waals surface area contributed by atoms with Crippen LogP contribution in [-0.4, -0.2) is 49.9 Å². The number of piperidine rings is 1. The lowest BCUT2D eigenvalue weighted by Crippen LogP contribution is -2.46. The second-order valence-electron chi connectivity index (χ2n) is 7.64. The molecule has 7 nitrogen and oxygen atoms in total. The number of hydrogen-bond donors (Lipinski definition) is 2. The molecule has 1 unspecified atom stereocenters. The Hall–Kier alpha value is -3.20. The summed E-state index contributed by atoms with van der Waals surface area (Å²) in [4.78, 5) is 39.7. The molecule has 10 heteroatoms. The van der Waals surface area contributed by atoms with Gasteiger partial charge in [0.05, 0.1) is 12.7 Å². The van der Waals surface area contributed by atoms with Crippen LogP contribution in [0.3, 0.4) is 0 Å². The average molecular weight is 480 g/mol. The van der Waals surface area contributed by atoms with E-state index in [2.05, 4.69) is 10.6 Å². The highest BCUT2D eigenvalue weighted by Gasteiger charge is 2.32. The maximum Gasteiger partial charge on any atom is 0.257 e. The van der Waals surface area contributed by atoms with Gasteiger partial charge in [0.1, 0.15) is 11.8 Å². The quantitative estimate of drug-likeness (QED) is 0.666. The number of methoxy groups -OCH3 is 1. The number of likely N-dealkylation sites (tertiary alicyclic amines) is 1. The SMILES string of the molecule is CNC(=O)C(NC(=O)C1CCN(C(=O)c2cc(Cl)ccc2OC)CC1)c1ccc(F)c(F)c1. The molecule has 1 saturated heterocycles. The Morgan fingerprint density at radius 3 is 2.39 bits per heavy atom. The number of benzene rings is 2. The predicted molar refractivity (Wildman–Crippen MR) is 118 cm³/mol. The van der Waals surface area contributed by atoms with E-state index in [1.165, 1.54) is 26.3 Å². The van der Waals surface area contributed by atoms with E-state index in [9.17, 15) is 23.2 Å². The minimum Gasteiger partial charge on any atom is -0.496 e. The van der Waals surface area contributed by atoms with E-state index < -0.39 is 35.4 Å². The van der Waals surface area contributed by atoms with Crippen LogP contribution in [0.5, 0.6) is 5.75 Å². The number of ether oxygens (including phenoxy) is 1. The average Bonchev–Trinajstić information content (AvgIpc) is 2.83. The molecule has 33 heavy (non-hydrogen) atoms. The molecule has 1 aliphatic heterocycles. The first-order chi connectivity index (χ1) is 15.7. The topological polar surface area (TPSA) is 87.7 Å². The summed E-state index contributed by atoms with van der Waals surface area (Å²) in [6.45, 7) is 0.644. The minimum absolute atomic E-state index is 0.127. The van der Waals surface area contributed by atoms with Gasteiger partial charge in [0, 0.05) is 31.1 Å². The second kappa shape index (κ2) is 10.6. The van der Waals surface area contributed by atoms with Gasteiger partial charge in [-0.3, -0.25) is 14.4 Å². The molecule has 0 spiro atoms. The van der Waals surface area contributed by atoms with Crippen LogP contribution in [0.15, 0.2) is 36.4 Å². The Balaban J connectivity index is 1.66. The monoisotopic (exact) mass is 479 g/mol. The Morgan fingerprint density at radius 1 is 1.09 bits per heavy atom. The molecule has 1 aliphatic rings. The lowest BCUT2D eigenvalue weighted by atomic mass is 9.94. The lowest BCUT2D eigenvalue weighted by Gasteiger charge is -2.32. The van der Waals surface area contributed by atoms with Crippen molar-refractivity contribution in [1.29, 1.82) is 0 Å². The van der Waals surface area contributed by atoms with Gasteiger partial charge in [-0.2, -0.15) is 0 Å². The van der Waals surface area contributed by atoms with E-state index in [1.54, 1.807) is 17.0 Å². The Kier molecular flexibility index (Phi) is 7.86. The number of carbonyl (C=O) groups excluding carboxylic acids is 3. The fourth-order valence-corrected chi connectivity index (χ4v) is 3.93. The van der Waals surface area contributed by atoms with E-state index in [0.29, 0.717) is 42.3 Å². The fourth-order valence-electron chi connectivity index (χ4n) is 3.76. The maximum absolute atomic E-state index is 13.7. The van der Waals surface area contributed by atoms with Crippen LogP contribution in [0, 0.1) is 17.6 Å². The summed E-state index contributed by atoms with van der Waals surface area (Å²) in [5.41, 5.74) is 0.466. The number of hydrogen-bond acceptors (Lipinski definition) is 4. The molecule has 176 valence electrons. The number of nitrogens with zero attached hydrogens (tertiary/aromatic N) is 1. The van der Waals surface area contributed by atoms with Gasteiger partial charge in [-0.15, -0.1) is 0 Å². The Labute approximate surface area is 195 Å². The summed E-state index contributed by atoms with van der Waals surface area (Å²) in [6.07, 6.45) is 0.747. The molecule has 0 aromatic heterocycles. The van der Waals surface area contributed by atoms with Crippen molar-refractivity contribution in [3.63, 3.8) is 0 Å². The number of halogens is 3. The van der Waals surface area contributed by atoms with Gasteiger partial charge in [-0.1, -0.05) is 17.7 Å². The smallest absolute Gasteiger partial charge is 0.257 e. The lowest BCUT2D eigenvalue weighted by molar-refractivity contribution is -0.131. The maximum atomic E-state index is 13.7. The molecule has 3 amide bonds. The molecule has 2 aromatic rings. The largest absolute Gasteiger partial charge is 0.496 e. The highest BCUT2D eigenvalue weighted by Crippen LogP contribution is 2.27. The van der Waals surface area contributed by atoms with Gasteiger partial charge in [0.2, 0.25) is 11.8 Å². The number of likely N-dealkylation sites (N-methyl/N-ethyl adjacent to an activating group) is 1. The summed E-state index contributed by atoms with van der Waals surface area (Å²) in [5, 5.41) is 5.45. The van der Waals surface area contributed by atoms with Crippen LogP contribution in [0.25, 0.3) is 0 Å². The molecular formula is C23H24ClF2N3O4. The van der Waals surface area contributed by atoms with Crippen molar-refractivity contribution in [2.45, 2.75) is 18.9 Å². The first kappa shape index (κ1) is 24.4. The van der Waals surface area contributed by atoms with Crippen LogP contribution in [0.2, 0.25) is 5.02 Å². The van der Waals surface area contributed by atoms with E-state index >= 15 is 0 Å². The molecule has 3 rings (SSSR count). The summed E-state index contributed by atoms with van der Waals surface area (Å²) in [6, 6.07) is 6.65. The van der Waals surface area contributed by atoms with Crippen molar-refractivity contribution in [1.82, 2.24) is 15.5 Å². The van der Waals surface area contributed by atoms with Gasteiger partial charge in [0.25, 0.3) is 5.91 Å². The van der Waals surface area contributed by atoms with Crippen LogP contribution in [0.1, 0.15) is 34.8 Å². The summed E-state index contributed by atoms with van der Waals surface area (Å²) in [7, 11) is 2.85. The predicted octanol–water partition coefficient (Wildman–Crippen LogP) is 3.08. The summed E-state index contributed by atoms with van der Waals surface area (Å²) < 4.78 is 32.2. The standard InChI is InChI=1S/C23H24ClF2N3O4/c1-27-22(31)20(14-3-5-17(25)18(26)11-14)28-21(30)13-7-9-29(10-8-13)23(32)16-12-15(24)4-6-19(16)33-2/h3-6,11-13,20H,7-10H2,1-2H3,(H,27,31)(H,28,30). The van der Waals surface area contributed by atoms with Gasteiger partial charge in [-0.05, 0) is 48.7 Å². The van der Waals surface area contributed by atoms with Crippen molar-refractivity contribution in [2.75, 3.05) is 27.2 Å². The first-order valence-corrected chi connectivity index (χ1v) is 10.7. The summed E-state index contributed by atoms with van der Waals surface area (Å²) >= 11 is 6.02. The van der Waals surface area contributed by atoms with Crippen molar-refractivity contribution in [3.05, 3.63) is 64.2 Å². The van der Waals surface area contributed by atoms with Crippen LogP contribution < -0.4 is 15.4 Å². The second-order valence-corrected chi connectivity index (χ2v) is 8.08. The molecule has 1 fully saturated rings. The first-order valence-electron chi connectivity index (χ1n) is 10.3. The van der Waals surface area contributed by atoms with Crippen molar-refractivity contribution >= 4 is 29.3 Å². The van der Waals surface area contributed by atoms with Crippen molar-refractivity contribution in [3.8, 4) is 5.75 Å². The third-order valence-corrected chi connectivity index (χ3v) is 5.85. The van der Waals surface area contributed by atoms with E-state index in [-0.39, 0.29) is 11.5 Å². The molecule has 0 radical (unpaired) electrons. The van der Waals surface area contributed by atoms with Gasteiger partial charge in [-0.25, -0.2) is 8.78 Å². The number of carbonyl (C=O) groups is 3. The van der Waals surface area contributed by atoms with Crippen LogP contribution >= 0.6 is 11.6 Å². The molecule has 1 heterocycles. The van der Waals surface area contributed by atoms with Gasteiger partial charge < -0.3 is 20.3 Å². The zero-order valence-corrected chi connectivity index (χ0v) is 18.9. The molecular weight excluding hydrogens is 456 g/mol. The van der Waals surface area contributed by atoms with Gasteiger partial charge in [0.15, 0.2) is 11.6 Å². The van der Waals surface area contributed by atoms with Crippen LogP contribution in [0.4, 0.5) is 8.78 Å². The Morgan fingerprint density at radius 2 is 1.79 bits per heavy atom. The number of nitrogens with one attached hydrogen (secondary N) is 2. The Bertz CT molecular complexity index is 1060. The van der Waals surface area contributed by atoms with Crippen LogP contribution in [-0.2, 0) is 9.59 Å². The molecule has 0 bridgehead atoms. The van der Waals surface area contributed by atoms with Gasteiger partial charge >= 0.3 is 0 Å². The molecule has 2 N–H and O–H groups in total. The molecule has 2 aromatic carbocycles. The normalized spacial score (nSPS) is 15.0. The van der Waals surface area contributed by atoms with E-state index in [4.69, 9.17) is 16.3 Å². The minimum atomic E-state index is -1.17. The van der Waals surface area contributed by atoms with E-state index in [0.717, 1.165) is 12.1 Å². The highest BCUT2D eigenvalue weighted by molar-refractivity contribution is 6.31. The highest BCUT2D eigenvalue weighted by atomic mass is 35.5. The van der Waals surface area contributed by atoms with Crippen molar-refractivity contribution in [2.24, 2.45) is 5.92 Å². The molecule has 0 aliphatic carbocycles. The third-order valence-electron chi connectivity index (χ3n) is 5.62. The fraction of sp³-hybridized carbons (Fsp3) is 0.348.